The first-order valence-electron chi connectivity index (χ1n) is 43.6. The maximum absolute atomic E-state index is 14.1. The number of aliphatic hydroxyl groups excluding tert-OH is 16. The number of nitrogens with two attached hydrogens (primary N) is 1. The second-order valence-corrected chi connectivity index (χ2v) is 30.4. The van der Waals surface area contributed by atoms with Gasteiger partial charge < -0.3 is 181 Å². The molecule has 1 heterocycles. The van der Waals surface area contributed by atoms with Crippen molar-refractivity contribution >= 4 is 59.0 Å². The lowest BCUT2D eigenvalue weighted by Gasteiger charge is -2.33. The molecule has 10 amide bonds. The van der Waals surface area contributed by atoms with Crippen molar-refractivity contribution in [3.8, 4) is 0 Å². The van der Waals surface area contributed by atoms with E-state index in [-0.39, 0.29) is 242 Å². The number of rotatable bonds is 84. The molecule has 0 saturated heterocycles. The number of aliphatic hydroxyl groups is 16. The zero-order valence-electron chi connectivity index (χ0n) is 74.1. The van der Waals surface area contributed by atoms with Crippen LogP contribution in [0.3, 0.4) is 0 Å². The molecule has 2 rings (SSSR count). The van der Waals surface area contributed by atoms with Gasteiger partial charge in [0.1, 0.15) is 79.2 Å². The summed E-state index contributed by atoms with van der Waals surface area (Å²) in [6.07, 6.45) is -17.1. The number of nitrogens with one attached hydrogen (secondary N) is 6. The number of imide groups is 1. The summed E-state index contributed by atoms with van der Waals surface area (Å²) in [6, 6.07) is 2.21. The molecule has 0 unspecified atom stereocenters. The van der Waals surface area contributed by atoms with Crippen molar-refractivity contribution in [2.75, 3.05) is 236 Å². The number of urea groups is 1. The molecule has 0 spiro atoms. The van der Waals surface area contributed by atoms with Crippen LogP contribution in [0.2, 0.25) is 0 Å². The number of benzene rings is 1. The smallest absolute Gasteiger partial charge is 0.312 e. The molecule has 1 aliphatic rings. The zero-order valence-corrected chi connectivity index (χ0v) is 74.1. The first kappa shape index (κ1) is 118. The quantitative estimate of drug-likeness (QED) is 0.0213. The van der Waals surface area contributed by atoms with Crippen LogP contribution < -0.4 is 37.6 Å². The van der Waals surface area contributed by atoms with Crippen LogP contribution in [0.15, 0.2) is 36.4 Å². The number of nitrogens with zero attached hydrogens (tertiary/aromatic N) is 3. The number of hydrogen-bond acceptors (Lipinski definition) is 38. The minimum absolute atomic E-state index is 0.00664. The van der Waals surface area contributed by atoms with Crippen LogP contribution in [-0.4, -0.2) is 472 Å². The Hall–Kier alpha value is -6.97. The van der Waals surface area contributed by atoms with Crippen molar-refractivity contribution < 1.29 is 182 Å². The second-order valence-electron chi connectivity index (χ2n) is 30.4. The summed E-state index contributed by atoms with van der Waals surface area (Å²) in [5, 5.41) is 175. The first-order valence-corrected chi connectivity index (χ1v) is 43.6. The molecule has 1 aromatic rings. The Bertz CT molecular complexity index is 3140. The van der Waals surface area contributed by atoms with Gasteiger partial charge in [0.05, 0.1) is 204 Å². The van der Waals surface area contributed by atoms with Gasteiger partial charge >= 0.3 is 6.03 Å². The van der Waals surface area contributed by atoms with Crippen molar-refractivity contribution in [2.24, 2.45) is 11.7 Å². The molecule has 24 N–H and O–H groups in total. The summed E-state index contributed by atoms with van der Waals surface area (Å²) in [4.78, 5) is 120. The fraction of sp³-hybridized carbons (Fsp3) is 0.793. The number of anilines is 1. The number of hydrogen-bond donors (Lipinski definition) is 23. The lowest BCUT2D eigenvalue weighted by atomic mass is 10.0. The predicted molar refractivity (Wildman–Crippen MR) is 455 cm³/mol. The molecule has 746 valence electrons. The minimum atomic E-state index is -1.93. The van der Waals surface area contributed by atoms with Gasteiger partial charge in [0.15, 0.2) is 0 Å². The normalized spacial score (nSPS) is 15.9. The van der Waals surface area contributed by atoms with E-state index in [0.717, 1.165) is 4.90 Å². The lowest BCUT2D eigenvalue weighted by Crippen LogP contribution is -2.57. The maximum atomic E-state index is 14.1. The topological polar surface area (TPSA) is 696 Å². The van der Waals surface area contributed by atoms with E-state index in [0.29, 0.717) is 43.4 Å². The number of carbonyl (C=O) groups excluding carboxylic acids is 9. The van der Waals surface area contributed by atoms with E-state index in [4.69, 9.17) is 72.8 Å². The van der Waals surface area contributed by atoms with Gasteiger partial charge in [-0.1, -0.05) is 32.4 Å². The van der Waals surface area contributed by atoms with Gasteiger partial charge in [-0.2, -0.15) is 0 Å². The maximum Gasteiger partial charge on any atom is 0.312 e. The number of ether oxygens (including phenoxy) is 12. The fourth-order valence-corrected chi connectivity index (χ4v) is 12.1. The number of carbonyl (C=O) groups is 9. The first-order chi connectivity index (χ1) is 61.9. The molecule has 0 radical (unpaired) electrons. The number of unbranched alkanes of at least 4 members (excludes halogenated alkanes) is 3. The Morgan fingerprint density at radius 2 is 0.775 bits per heavy atom. The highest BCUT2D eigenvalue weighted by Crippen LogP contribution is 2.17. The van der Waals surface area contributed by atoms with E-state index in [1.807, 2.05) is 0 Å². The van der Waals surface area contributed by atoms with E-state index in [1.54, 1.807) is 38.1 Å². The van der Waals surface area contributed by atoms with Gasteiger partial charge in [0.2, 0.25) is 35.4 Å². The Labute approximate surface area is 751 Å². The summed E-state index contributed by atoms with van der Waals surface area (Å²) < 4.78 is 66.5. The molecule has 0 saturated carbocycles. The Morgan fingerprint density at radius 3 is 1.20 bits per heavy atom. The van der Waals surface area contributed by atoms with Crippen LogP contribution in [0.5, 0.6) is 0 Å². The molecule has 1 aromatic carbocycles. The molecule has 0 aromatic heterocycles. The van der Waals surface area contributed by atoms with Crippen LogP contribution in [-0.2, 0) is 102 Å². The van der Waals surface area contributed by atoms with E-state index in [2.05, 4.69) is 31.9 Å². The SMILES string of the molecule is CC(C)[C@H](NC(=O)[C@H](CCCCNC(=O)CCOCCOCCOCCOCCOCCOCCN(C[C@H](O)[C@@H](O)[C@H](O)[C@H](O)CO)C(=O)CCOCCOCCOCCOCCOCCOCCN(C[C@H](O)[C@@H](O)[C@H](O)[C@H](O)CO)C[C@H](O)[C@@H](O)[C@H](O)[C@H](O)CO)NC(=O)CCCCCN1C(=O)C=CC1=O)C(=O)N[C@@H](CCCNC(N)=O)C(=O)Nc1ccc(CO)cc1. The molecule has 0 fully saturated rings. The summed E-state index contributed by atoms with van der Waals surface area (Å²) in [6.45, 7) is 3.93. The highest BCUT2D eigenvalue weighted by molar-refractivity contribution is 6.12. The molecule has 15 atom stereocenters. The Morgan fingerprint density at radius 1 is 0.388 bits per heavy atom. The number of primary amides is 1. The highest BCUT2D eigenvalue weighted by Gasteiger charge is 2.37. The molecule has 0 aliphatic carbocycles. The van der Waals surface area contributed by atoms with Crippen LogP contribution in [0.25, 0.3) is 0 Å². The third kappa shape index (κ3) is 54.7. The van der Waals surface area contributed by atoms with E-state index >= 15 is 0 Å². The average molecular weight is 1860 g/mol. The Kier molecular flexibility index (Phi) is 67.3. The third-order valence-corrected chi connectivity index (χ3v) is 19.7. The molecule has 0 bridgehead atoms. The third-order valence-electron chi connectivity index (χ3n) is 19.7. The van der Waals surface area contributed by atoms with E-state index in [1.165, 1.54) is 22.0 Å². The van der Waals surface area contributed by atoms with Gasteiger partial charge in [-0.05, 0) is 68.6 Å². The van der Waals surface area contributed by atoms with Gasteiger partial charge in [-0.15, -0.1) is 0 Å². The van der Waals surface area contributed by atoms with Crippen LogP contribution >= 0.6 is 0 Å². The van der Waals surface area contributed by atoms with Gasteiger partial charge in [-0.3, -0.25) is 48.2 Å². The summed E-state index contributed by atoms with van der Waals surface area (Å²) in [5.74, 6) is -4.48. The summed E-state index contributed by atoms with van der Waals surface area (Å²) >= 11 is 0. The van der Waals surface area contributed by atoms with Crippen molar-refractivity contribution in [1.29, 1.82) is 0 Å². The van der Waals surface area contributed by atoms with Crippen molar-refractivity contribution in [1.82, 2.24) is 41.3 Å². The second kappa shape index (κ2) is 73.5. The molecule has 129 heavy (non-hydrogen) atoms. The van der Waals surface area contributed by atoms with Gasteiger partial charge in [-0.25, -0.2) is 4.79 Å². The van der Waals surface area contributed by atoms with Gasteiger partial charge in [0, 0.05) is 83.0 Å². The Balaban J connectivity index is 1.63. The van der Waals surface area contributed by atoms with Crippen molar-refractivity contribution in [3.63, 3.8) is 0 Å². The largest absolute Gasteiger partial charge is 0.394 e. The highest BCUT2D eigenvalue weighted by atomic mass is 16.6. The predicted octanol–water partition coefficient (Wildman–Crippen LogP) is -9.13. The van der Waals surface area contributed by atoms with Crippen molar-refractivity contribution in [3.05, 3.63) is 42.0 Å². The molecular weight excluding hydrogens is 1720 g/mol. The van der Waals surface area contributed by atoms with Crippen molar-refractivity contribution in [2.45, 2.75) is 182 Å². The molecule has 47 nitrogen and oxygen atoms in total. The summed E-state index contributed by atoms with van der Waals surface area (Å²) in [5.41, 5.74) is 6.22. The van der Waals surface area contributed by atoms with Crippen LogP contribution in [0, 0.1) is 5.92 Å². The van der Waals surface area contributed by atoms with Gasteiger partial charge in [0.25, 0.3) is 11.8 Å². The fourth-order valence-electron chi connectivity index (χ4n) is 12.1. The average Bonchev–Trinajstić information content (AvgIpc) is 1.53. The van der Waals surface area contributed by atoms with E-state index in [9.17, 15) is 115 Å². The minimum Gasteiger partial charge on any atom is -0.394 e. The summed E-state index contributed by atoms with van der Waals surface area (Å²) in [7, 11) is 0. The monoisotopic (exact) mass is 1860 g/mol. The molecule has 47 heteroatoms. The zero-order chi connectivity index (χ0) is 95.5. The van der Waals surface area contributed by atoms with Crippen LogP contribution in [0.4, 0.5) is 10.5 Å². The molecule has 1 aliphatic heterocycles. The molecular formula is C82H146N10O37. The van der Waals surface area contributed by atoms with Crippen LogP contribution in [0.1, 0.15) is 90.0 Å². The van der Waals surface area contributed by atoms with E-state index < -0.39 is 184 Å². The lowest BCUT2D eigenvalue weighted by molar-refractivity contribution is -0.142. The standard InChI is InChI=1S/C82H146N10O37/c1-56(2)72(81(116)88-60(10-8-21-85-82(83)117)79(114)86-58-14-12-57(52-93)13-15-58)89-80(115)59(87-68(104)11-4-3-7-22-92-70(106)16-17-71(92)107)9-5-6-20-84-67(103)18-25-118-29-33-122-37-41-126-45-48-129-44-40-125-36-32-121-28-24-91(51-63(99)75(110)78(113)66(102)55-96)69(105)19-26-119-30-34-123-38-42-127-46-47-128-43-39-124-35-31-120-27-23-90(49-61(97)73(108)76(111)64(100)53-94)50-62(98)74(109)77(112)65(101)54-95/h12-17,56,59-66,72-78,93-102,108-113H,3-11,18-55H2,1-2H3,(H,84,103)(H,86,114)(H,87,104)(H,88,116)(H,89,115)(H3,83,85,117)/t59-,60-,61-,62-,63-,64+,65+,66+,72-,73+,74+,75+,76+,77+,78+/m0/s1. The number of amides is 10.